The molecule has 0 amide bonds. The second-order valence-corrected chi connectivity index (χ2v) is 3.49. The van der Waals surface area contributed by atoms with E-state index in [9.17, 15) is 10.2 Å². The van der Waals surface area contributed by atoms with E-state index >= 15 is 0 Å². The number of aromatic hydroxyl groups is 1. The molecule has 1 aromatic carbocycles. The van der Waals surface area contributed by atoms with Gasteiger partial charge >= 0.3 is 0 Å². The average Bonchev–Trinajstić information content (AvgIpc) is 2.10. The van der Waals surface area contributed by atoms with E-state index in [1.807, 2.05) is 13.8 Å². The molecule has 0 aliphatic carbocycles. The molecule has 0 bridgehead atoms. The van der Waals surface area contributed by atoms with Crippen molar-refractivity contribution < 1.29 is 10.2 Å². The Morgan fingerprint density at radius 1 is 1.46 bits per heavy atom. The standard InChI is InChI=1S/C10H13ClO2/c1-3-9(12)7-5-8(11)6(2)4-10(7)13/h4-5,9,12-13H,3H2,1-2H3. The first-order valence-electron chi connectivity index (χ1n) is 4.23. The summed E-state index contributed by atoms with van der Waals surface area (Å²) in [4.78, 5) is 0. The van der Waals surface area contributed by atoms with Crippen LogP contribution in [-0.2, 0) is 0 Å². The van der Waals surface area contributed by atoms with Gasteiger partial charge in [-0.3, -0.25) is 0 Å². The fourth-order valence-corrected chi connectivity index (χ4v) is 1.34. The number of aliphatic hydroxyl groups excluding tert-OH is 1. The molecule has 0 saturated carbocycles. The molecule has 0 aromatic heterocycles. The van der Waals surface area contributed by atoms with Crippen molar-refractivity contribution in [3.63, 3.8) is 0 Å². The first kappa shape index (κ1) is 10.4. The van der Waals surface area contributed by atoms with E-state index in [1.165, 1.54) is 0 Å². The van der Waals surface area contributed by atoms with E-state index in [1.54, 1.807) is 12.1 Å². The van der Waals surface area contributed by atoms with Crippen LogP contribution >= 0.6 is 11.6 Å². The summed E-state index contributed by atoms with van der Waals surface area (Å²) < 4.78 is 0. The van der Waals surface area contributed by atoms with Gasteiger partial charge in [0.1, 0.15) is 5.75 Å². The van der Waals surface area contributed by atoms with Crippen LogP contribution in [0, 0.1) is 6.92 Å². The summed E-state index contributed by atoms with van der Waals surface area (Å²) >= 11 is 5.86. The Hall–Kier alpha value is -0.730. The molecule has 0 saturated heterocycles. The van der Waals surface area contributed by atoms with Crippen LogP contribution in [0.25, 0.3) is 0 Å². The molecule has 1 atom stereocenters. The number of halogens is 1. The number of benzene rings is 1. The van der Waals surface area contributed by atoms with Crippen molar-refractivity contribution in [3.8, 4) is 5.75 Å². The Kier molecular flexibility index (Phi) is 3.17. The average molecular weight is 201 g/mol. The summed E-state index contributed by atoms with van der Waals surface area (Å²) in [6.07, 6.45) is -0.0782. The number of hydrogen-bond donors (Lipinski definition) is 2. The van der Waals surface area contributed by atoms with Gasteiger partial charge in [0.25, 0.3) is 0 Å². The Morgan fingerprint density at radius 3 is 2.62 bits per heavy atom. The minimum absolute atomic E-state index is 0.108. The first-order chi connectivity index (χ1) is 6.06. The molecular weight excluding hydrogens is 188 g/mol. The van der Waals surface area contributed by atoms with Crippen molar-refractivity contribution in [2.75, 3.05) is 0 Å². The van der Waals surface area contributed by atoms with Crippen LogP contribution in [0.1, 0.15) is 30.6 Å². The first-order valence-corrected chi connectivity index (χ1v) is 4.61. The molecule has 1 rings (SSSR count). The van der Waals surface area contributed by atoms with Crippen LogP contribution in [0.3, 0.4) is 0 Å². The molecule has 1 aromatic rings. The van der Waals surface area contributed by atoms with Gasteiger partial charge in [-0.1, -0.05) is 18.5 Å². The monoisotopic (exact) mass is 200 g/mol. The molecule has 0 aliphatic rings. The van der Waals surface area contributed by atoms with E-state index in [4.69, 9.17) is 11.6 Å². The van der Waals surface area contributed by atoms with E-state index in [0.717, 1.165) is 5.56 Å². The molecule has 0 spiro atoms. The number of hydrogen-bond acceptors (Lipinski definition) is 2. The van der Waals surface area contributed by atoms with Gasteiger partial charge in [-0.05, 0) is 31.0 Å². The number of rotatable bonds is 2. The molecule has 2 N–H and O–H groups in total. The van der Waals surface area contributed by atoms with Gasteiger partial charge in [0, 0.05) is 10.6 Å². The lowest BCUT2D eigenvalue weighted by atomic mass is 10.0. The third-order valence-corrected chi connectivity index (χ3v) is 2.46. The SMILES string of the molecule is CCC(O)c1cc(Cl)c(C)cc1O. The van der Waals surface area contributed by atoms with Crippen molar-refractivity contribution in [2.45, 2.75) is 26.4 Å². The molecule has 1 unspecified atom stereocenters. The van der Waals surface area contributed by atoms with Gasteiger partial charge in [-0.25, -0.2) is 0 Å². The highest BCUT2D eigenvalue weighted by Gasteiger charge is 2.11. The maximum Gasteiger partial charge on any atom is 0.121 e. The van der Waals surface area contributed by atoms with Crippen LogP contribution in [0.5, 0.6) is 5.75 Å². The van der Waals surface area contributed by atoms with Crippen molar-refractivity contribution in [1.82, 2.24) is 0 Å². The Morgan fingerprint density at radius 2 is 2.08 bits per heavy atom. The molecule has 0 heterocycles. The quantitative estimate of drug-likeness (QED) is 0.771. The van der Waals surface area contributed by atoms with Gasteiger partial charge < -0.3 is 10.2 Å². The van der Waals surface area contributed by atoms with Crippen molar-refractivity contribution in [1.29, 1.82) is 0 Å². The lowest BCUT2D eigenvalue weighted by Gasteiger charge is -2.11. The fraction of sp³-hybridized carbons (Fsp3) is 0.400. The highest BCUT2D eigenvalue weighted by molar-refractivity contribution is 6.31. The lowest BCUT2D eigenvalue weighted by molar-refractivity contribution is 0.170. The van der Waals surface area contributed by atoms with Gasteiger partial charge in [-0.2, -0.15) is 0 Å². The maximum atomic E-state index is 9.51. The number of phenols is 1. The highest BCUT2D eigenvalue weighted by atomic mass is 35.5. The van der Waals surface area contributed by atoms with E-state index < -0.39 is 6.10 Å². The Bertz CT molecular complexity index is 310. The summed E-state index contributed by atoms with van der Waals surface area (Å²) in [5.74, 6) is 0.108. The Labute approximate surface area is 82.8 Å². The van der Waals surface area contributed by atoms with E-state index in [2.05, 4.69) is 0 Å². The van der Waals surface area contributed by atoms with Crippen molar-refractivity contribution in [3.05, 3.63) is 28.3 Å². The number of phenolic OH excluding ortho intramolecular Hbond substituents is 1. The predicted octanol–water partition coefficient (Wildman–Crippen LogP) is 2.80. The highest BCUT2D eigenvalue weighted by Crippen LogP contribution is 2.31. The zero-order valence-electron chi connectivity index (χ0n) is 7.71. The molecular formula is C10H13ClO2. The van der Waals surface area contributed by atoms with Crippen LogP contribution in [0.2, 0.25) is 5.02 Å². The molecule has 0 radical (unpaired) electrons. The molecule has 13 heavy (non-hydrogen) atoms. The summed E-state index contributed by atoms with van der Waals surface area (Å²) in [5.41, 5.74) is 1.31. The molecule has 3 heteroatoms. The molecule has 2 nitrogen and oxygen atoms in total. The van der Waals surface area contributed by atoms with Gasteiger partial charge in [0.15, 0.2) is 0 Å². The van der Waals surface area contributed by atoms with Gasteiger partial charge in [0.05, 0.1) is 6.10 Å². The topological polar surface area (TPSA) is 40.5 Å². The summed E-state index contributed by atoms with van der Waals surface area (Å²) in [5, 5.41) is 19.6. The zero-order valence-corrected chi connectivity index (χ0v) is 8.47. The van der Waals surface area contributed by atoms with Gasteiger partial charge in [-0.15, -0.1) is 0 Å². The second kappa shape index (κ2) is 3.99. The summed E-state index contributed by atoms with van der Waals surface area (Å²) in [7, 11) is 0. The van der Waals surface area contributed by atoms with Crippen molar-refractivity contribution in [2.24, 2.45) is 0 Å². The minimum atomic E-state index is -0.641. The third-order valence-electron chi connectivity index (χ3n) is 2.05. The normalized spacial score (nSPS) is 12.9. The number of aryl methyl sites for hydroxylation is 1. The smallest absolute Gasteiger partial charge is 0.121 e. The van der Waals surface area contributed by atoms with Crippen LogP contribution in [0.15, 0.2) is 12.1 Å². The van der Waals surface area contributed by atoms with Crippen LogP contribution in [-0.4, -0.2) is 10.2 Å². The second-order valence-electron chi connectivity index (χ2n) is 3.08. The largest absolute Gasteiger partial charge is 0.508 e. The summed E-state index contributed by atoms with van der Waals surface area (Å²) in [6, 6.07) is 3.18. The molecule has 0 fully saturated rings. The third kappa shape index (κ3) is 2.14. The summed E-state index contributed by atoms with van der Waals surface area (Å²) in [6.45, 7) is 3.65. The lowest BCUT2D eigenvalue weighted by Crippen LogP contribution is -1.96. The van der Waals surface area contributed by atoms with Crippen LogP contribution < -0.4 is 0 Å². The van der Waals surface area contributed by atoms with E-state index in [-0.39, 0.29) is 5.75 Å². The molecule has 0 aliphatic heterocycles. The van der Waals surface area contributed by atoms with Gasteiger partial charge in [0.2, 0.25) is 0 Å². The fourth-order valence-electron chi connectivity index (χ4n) is 1.17. The zero-order chi connectivity index (χ0) is 10.0. The van der Waals surface area contributed by atoms with Crippen LogP contribution in [0.4, 0.5) is 0 Å². The molecule has 72 valence electrons. The number of aliphatic hydroxyl groups is 1. The van der Waals surface area contributed by atoms with E-state index in [0.29, 0.717) is 17.0 Å². The minimum Gasteiger partial charge on any atom is -0.508 e. The predicted molar refractivity (Wildman–Crippen MR) is 53.1 cm³/mol. The Balaban J connectivity index is 3.15. The van der Waals surface area contributed by atoms with Crippen molar-refractivity contribution >= 4 is 11.6 Å². The maximum absolute atomic E-state index is 9.51.